The molecule has 0 spiro atoms. The van der Waals surface area contributed by atoms with E-state index in [1.165, 1.54) is 70.6 Å². The SMILES string of the molecule is CC\C=C/C=C\C=C/C=C\C=C/CCCC(=O)OCC(COC(=O)CCCCCCC/C=C\CCCCCCCCCCC)OC(=O)CCC/C=C\C/C=C\C/C=C\C/C=C\C/C=C\CC. The van der Waals surface area contributed by atoms with E-state index >= 15 is 0 Å². The van der Waals surface area contributed by atoms with Gasteiger partial charge < -0.3 is 14.2 Å². The van der Waals surface area contributed by atoms with Gasteiger partial charge in [0.1, 0.15) is 13.2 Å². The maximum absolute atomic E-state index is 12.8. The van der Waals surface area contributed by atoms with Crippen LogP contribution in [0.5, 0.6) is 0 Å². The van der Waals surface area contributed by atoms with Crippen molar-refractivity contribution in [2.24, 2.45) is 0 Å². The lowest BCUT2D eigenvalue weighted by molar-refractivity contribution is -0.167. The van der Waals surface area contributed by atoms with Crippen molar-refractivity contribution in [2.75, 3.05) is 13.2 Å². The fourth-order valence-electron chi connectivity index (χ4n) is 6.62. The lowest BCUT2D eigenvalue weighted by Crippen LogP contribution is -2.30. The van der Waals surface area contributed by atoms with Gasteiger partial charge in [-0.3, -0.25) is 14.4 Å². The lowest BCUT2D eigenvalue weighted by atomic mass is 10.1. The van der Waals surface area contributed by atoms with E-state index in [1.54, 1.807) is 0 Å². The zero-order valence-corrected chi connectivity index (χ0v) is 42.1. The first kappa shape index (κ1) is 61.5. The van der Waals surface area contributed by atoms with E-state index in [4.69, 9.17) is 14.2 Å². The van der Waals surface area contributed by atoms with Gasteiger partial charge in [0.05, 0.1) is 0 Å². The Morgan fingerprint density at radius 2 is 0.682 bits per heavy atom. The fraction of sp³-hybridized carbons (Fsp3) is 0.583. The van der Waals surface area contributed by atoms with Gasteiger partial charge in [0.25, 0.3) is 0 Å². The zero-order valence-electron chi connectivity index (χ0n) is 42.1. The van der Waals surface area contributed by atoms with Crippen LogP contribution in [-0.2, 0) is 28.6 Å². The molecule has 0 aromatic carbocycles. The number of ether oxygens (including phenoxy) is 3. The van der Waals surface area contributed by atoms with Crippen molar-refractivity contribution in [1.82, 2.24) is 0 Å². The number of esters is 3. The summed E-state index contributed by atoms with van der Waals surface area (Å²) >= 11 is 0. The Morgan fingerprint density at radius 1 is 0.333 bits per heavy atom. The molecular formula is C60H94O6. The number of rotatable bonds is 45. The number of hydrogen-bond acceptors (Lipinski definition) is 6. The van der Waals surface area contributed by atoms with Crippen LogP contribution in [0.3, 0.4) is 0 Å². The summed E-state index contributed by atoms with van der Waals surface area (Å²) in [6.45, 7) is 6.24. The molecule has 0 aromatic rings. The molecule has 0 saturated heterocycles. The van der Waals surface area contributed by atoms with Gasteiger partial charge in [-0.2, -0.15) is 0 Å². The maximum Gasteiger partial charge on any atom is 0.306 e. The number of allylic oxidation sites excluding steroid dienone is 22. The Balaban J connectivity index is 4.58. The maximum atomic E-state index is 12.8. The van der Waals surface area contributed by atoms with Crippen LogP contribution in [0.25, 0.3) is 0 Å². The van der Waals surface area contributed by atoms with Crippen molar-refractivity contribution >= 4 is 17.9 Å². The zero-order chi connectivity index (χ0) is 47.9. The van der Waals surface area contributed by atoms with E-state index in [0.717, 1.165) is 83.5 Å². The van der Waals surface area contributed by atoms with Gasteiger partial charge in [0.15, 0.2) is 6.10 Å². The normalized spacial score (nSPS) is 13.2. The van der Waals surface area contributed by atoms with Gasteiger partial charge >= 0.3 is 17.9 Å². The van der Waals surface area contributed by atoms with Crippen LogP contribution in [0.15, 0.2) is 134 Å². The minimum atomic E-state index is -0.844. The average Bonchev–Trinajstić information content (AvgIpc) is 3.31. The number of unbranched alkanes of at least 4 members (excludes halogenated alkanes) is 16. The third kappa shape index (κ3) is 50.5. The quantitative estimate of drug-likeness (QED) is 0.0199. The molecule has 0 saturated carbocycles. The molecule has 0 aromatic heterocycles. The van der Waals surface area contributed by atoms with E-state index in [1.807, 2.05) is 54.7 Å². The highest BCUT2D eigenvalue weighted by molar-refractivity contribution is 5.71. The molecule has 0 radical (unpaired) electrons. The largest absolute Gasteiger partial charge is 0.462 e. The molecule has 0 amide bonds. The lowest BCUT2D eigenvalue weighted by Gasteiger charge is -2.18. The standard InChI is InChI=1S/C60H94O6/c1-4-7-10-13-16-19-22-25-27-29-31-32-35-38-41-44-47-50-53-59(62)65-56-57(55-64-58(61)52-49-46-43-40-37-34-24-21-18-15-12-9-6-3)66-60(63)54-51-48-45-42-39-36-33-30-28-26-23-20-17-14-11-8-5-2/h8-9,11-12,15,17-18,20-21,24,26,28,31-34,36-37,40,42-43,45,57H,4-7,10,13-14,16,19,22-23,25,27,29-30,35,38-39,41,44,46-56H2,1-3H3/b11-8-,12-9-,18-15-,20-17-,24-21-,28-26-,32-31-,36-33-,37-34-,43-40-,45-42-. The van der Waals surface area contributed by atoms with Crippen LogP contribution in [-0.4, -0.2) is 37.2 Å². The molecule has 0 aliphatic heterocycles. The van der Waals surface area contributed by atoms with Gasteiger partial charge in [-0.15, -0.1) is 0 Å². The Labute approximate surface area is 405 Å². The van der Waals surface area contributed by atoms with Crippen molar-refractivity contribution in [1.29, 1.82) is 0 Å². The minimum Gasteiger partial charge on any atom is -0.462 e. The highest BCUT2D eigenvalue weighted by atomic mass is 16.6. The molecule has 370 valence electrons. The highest BCUT2D eigenvalue weighted by Gasteiger charge is 2.19. The second kappa shape index (κ2) is 53.2. The van der Waals surface area contributed by atoms with E-state index in [2.05, 4.69) is 99.8 Å². The molecule has 66 heavy (non-hydrogen) atoms. The second-order valence-electron chi connectivity index (χ2n) is 16.8. The van der Waals surface area contributed by atoms with Crippen molar-refractivity contribution in [2.45, 2.75) is 213 Å². The third-order valence-corrected chi connectivity index (χ3v) is 10.5. The van der Waals surface area contributed by atoms with Crippen molar-refractivity contribution in [3.8, 4) is 0 Å². The summed E-state index contributed by atoms with van der Waals surface area (Å²) in [5.74, 6) is -1.09. The van der Waals surface area contributed by atoms with Crippen LogP contribution in [0.1, 0.15) is 207 Å². The summed E-state index contributed by atoms with van der Waals surface area (Å²) < 4.78 is 16.7. The molecule has 0 N–H and O–H groups in total. The summed E-state index contributed by atoms with van der Waals surface area (Å²) in [7, 11) is 0. The number of carbonyl (C=O) groups is 3. The molecule has 0 heterocycles. The molecular weight excluding hydrogens is 817 g/mol. The molecule has 0 fully saturated rings. The van der Waals surface area contributed by atoms with Gasteiger partial charge in [-0.25, -0.2) is 0 Å². The van der Waals surface area contributed by atoms with Gasteiger partial charge in [0, 0.05) is 19.3 Å². The monoisotopic (exact) mass is 911 g/mol. The van der Waals surface area contributed by atoms with Gasteiger partial charge in [0.2, 0.25) is 0 Å². The van der Waals surface area contributed by atoms with Gasteiger partial charge in [-0.05, 0) is 96.3 Å². The Morgan fingerprint density at radius 3 is 1.18 bits per heavy atom. The number of hydrogen-bond donors (Lipinski definition) is 0. The first-order valence-corrected chi connectivity index (χ1v) is 26.3. The first-order chi connectivity index (χ1) is 32.5. The van der Waals surface area contributed by atoms with E-state index in [9.17, 15) is 14.4 Å². The molecule has 0 rings (SSSR count). The molecule has 6 heteroatoms. The van der Waals surface area contributed by atoms with Gasteiger partial charge in [-0.1, -0.05) is 225 Å². The van der Waals surface area contributed by atoms with E-state index in [-0.39, 0.29) is 38.0 Å². The van der Waals surface area contributed by atoms with Crippen molar-refractivity contribution < 1.29 is 28.6 Å². The average molecular weight is 911 g/mol. The highest BCUT2D eigenvalue weighted by Crippen LogP contribution is 2.13. The summed E-state index contributed by atoms with van der Waals surface area (Å²) in [4.78, 5) is 38.0. The summed E-state index contributed by atoms with van der Waals surface area (Å²) in [6.07, 6.45) is 74.5. The van der Waals surface area contributed by atoms with E-state index < -0.39 is 12.1 Å². The predicted octanol–water partition coefficient (Wildman–Crippen LogP) is 17.5. The summed E-state index contributed by atoms with van der Waals surface area (Å²) in [6, 6.07) is 0. The Bertz CT molecular complexity index is 1460. The predicted molar refractivity (Wildman–Crippen MR) is 283 cm³/mol. The smallest absolute Gasteiger partial charge is 0.306 e. The molecule has 1 unspecified atom stereocenters. The molecule has 1 atom stereocenters. The van der Waals surface area contributed by atoms with Crippen molar-refractivity contribution in [3.05, 3.63) is 134 Å². The first-order valence-electron chi connectivity index (χ1n) is 26.3. The van der Waals surface area contributed by atoms with Crippen LogP contribution in [0.4, 0.5) is 0 Å². The van der Waals surface area contributed by atoms with Crippen LogP contribution in [0, 0.1) is 0 Å². The van der Waals surface area contributed by atoms with Crippen molar-refractivity contribution in [3.63, 3.8) is 0 Å². The molecule has 0 aliphatic rings. The Hall–Kier alpha value is -4.45. The molecule has 0 aliphatic carbocycles. The Kier molecular flexibility index (Phi) is 49.6. The van der Waals surface area contributed by atoms with E-state index in [0.29, 0.717) is 19.3 Å². The molecule has 0 bridgehead atoms. The van der Waals surface area contributed by atoms with Crippen LogP contribution in [0.2, 0.25) is 0 Å². The minimum absolute atomic E-state index is 0.132. The fourth-order valence-corrected chi connectivity index (χ4v) is 6.62. The van der Waals surface area contributed by atoms with Crippen LogP contribution < -0.4 is 0 Å². The number of carbonyl (C=O) groups excluding carboxylic acids is 3. The summed E-state index contributed by atoms with van der Waals surface area (Å²) in [5, 5.41) is 0. The third-order valence-electron chi connectivity index (χ3n) is 10.5. The topological polar surface area (TPSA) is 78.9 Å². The molecule has 6 nitrogen and oxygen atoms in total. The van der Waals surface area contributed by atoms with Crippen LogP contribution >= 0.6 is 0 Å². The summed E-state index contributed by atoms with van der Waals surface area (Å²) in [5.41, 5.74) is 0. The second-order valence-corrected chi connectivity index (χ2v) is 16.8.